The highest BCUT2D eigenvalue weighted by molar-refractivity contribution is 7.76. The molecule has 0 aliphatic rings. The fourth-order valence-electron chi connectivity index (χ4n) is 1.22. The van der Waals surface area contributed by atoms with Gasteiger partial charge in [0, 0.05) is 35.7 Å². The maximum Gasteiger partial charge on any atom is 0.0345 e. The van der Waals surface area contributed by atoms with Gasteiger partial charge < -0.3 is 15.6 Å². The summed E-state index contributed by atoms with van der Waals surface area (Å²) in [5.74, 6) is 0. The first-order chi connectivity index (χ1) is 7.50. The molecule has 0 fully saturated rings. The number of hydrogen-bond acceptors (Lipinski definition) is 4. The van der Waals surface area contributed by atoms with Gasteiger partial charge in [-0.05, 0) is 37.7 Å². The predicted molar refractivity (Wildman–Crippen MR) is 65.6 cm³/mol. The Bertz CT molecular complexity index is 384. The molecule has 0 bridgehead atoms. The van der Waals surface area contributed by atoms with Crippen LogP contribution in [0.2, 0.25) is 0 Å². The van der Waals surface area contributed by atoms with Crippen LogP contribution in [-0.4, -0.2) is 33.2 Å². The van der Waals surface area contributed by atoms with Gasteiger partial charge >= 0.3 is 0 Å². The van der Waals surface area contributed by atoms with Crippen molar-refractivity contribution < 1.29 is 8.76 Å². The molecule has 1 atom stereocenters. The van der Waals surface area contributed by atoms with E-state index in [1.165, 1.54) is 11.4 Å². The highest BCUT2D eigenvalue weighted by Crippen LogP contribution is 2.16. The number of nitrogens with two attached hydrogens (primary N) is 1. The Morgan fingerprint density at radius 2 is 2.25 bits per heavy atom. The summed E-state index contributed by atoms with van der Waals surface area (Å²) in [6.45, 7) is 2.92. The van der Waals surface area contributed by atoms with Crippen LogP contribution in [0.3, 0.4) is 0 Å². The van der Waals surface area contributed by atoms with Crippen molar-refractivity contribution in [2.75, 3.05) is 31.2 Å². The van der Waals surface area contributed by atoms with Crippen LogP contribution in [0.1, 0.15) is 5.56 Å². The van der Waals surface area contributed by atoms with Crippen LogP contribution in [0, 0.1) is 6.92 Å². The SMILES string of the molecule is Cc1cc(NCCN(C)S(=O)[O-])ccc1N. The van der Waals surface area contributed by atoms with Crippen molar-refractivity contribution in [3.63, 3.8) is 0 Å². The maximum absolute atomic E-state index is 10.5. The summed E-state index contributed by atoms with van der Waals surface area (Å²) in [5, 5.41) is 3.13. The molecule has 1 rings (SSSR count). The lowest BCUT2D eigenvalue weighted by Crippen LogP contribution is -2.26. The minimum absolute atomic E-state index is 0.430. The Morgan fingerprint density at radius 3 is 2.81 bits per heavy atom. The molecule has 0 aliphatic carbocycles. The summed E-state index contributed by atoms with van der Waals surface area (Å²) in [6, 6.07) is 5.63. The molecule has 0 saturated heterocycles. The van der Waals surface area contributed by atoms with Gasteiger partial charge in [0.05, 0.1) is 0 Å². The van der Waals surface area contributed by atoms with Gasteiger partial charge in [0.1, 0.15) is 0 Å². The quantitative estimate of drug-likeness (QED) is 0.588. The molecular weight excluding hydrogens is 226 g/mol. The molecule has 0 aliphatic heterocycles. The number of likely N-dealkylation sites (N-methyl/N-ethyl adjacent to an activating group) is 1. The van der Waals surface area contributed by atoms with Crippen molar-refractivity contribution in [1.82, 2.24) is 4.31 Å². The minimum Gasteiger partial charge on any atom is -0.760 e. The van der Waals surface area contributed by atoms with Crippen LogP contribution < -0.4 is 11.1 Å². The van der Waals surface area contributed by atoms with Gasteiger partial charge in [-0.15, -0.1) is 0 Å². The van der Waals surface area contributed by atoms with Crippen molar-refractivity contribution in [3.8, 4) is 0 Å². The van der Waals surface area contributed by atoms with Gasteiger partial charge in [-0.1, -0.05) is 0 Å². The fourth-order valence-corrected chi connectivity index (χ4v) is 1.46. The van der Waals surface area contributed by atoms with Crippen LogP contribution in [-0.2, 0) is 11.3 Å². The second-order valence-corrected chi connectivity index (χ2v) is 4.62. The summed E-state index contributed by atoms with van der Waals surface area (Å²) in [5.41, 5.74) is 8.39. The summed E-state index contributed by atoms with van der Waals surface area (Å²) < 4.78 is 22.3. The Kier molecular flexibility index (Phi) is 4.72. The fraction of sp³-hybridized carbons (Fsp3) is 0.400. The van der Waals surface area contributed by atoms with Crippen molar-refractivity contribution in [3.05, 3.63) is 23.8 Å². The monoisotopic (exact) mass is 242 g/mol. The molecule has 0 heterocycles. The van der Waals surface area contributed by atoms with Gasteiger partial charge in [0.25, 0.3) is 0 Å². The lowest BCUT2D eigenvalue weighted by Gasteiger charge is -2.19. The normalized spacial score (nSPS) is 12.8. The third-order valence-corrected chi connectivity index (χ3v) is 2.97. The van der Waals surface area contributed by atoms with Crippen LogP contribution in [0.15, 0.2) is 18.2 Å². The number of benzene rings is 1. The molecule has 6 heteroatoms. The Balaban J connectivity index is 2.43. The van der Waals surface area contributed by atoms with Crippen LogP contribution >= 0.6 is 0 Å². The van der Waals surface area contributed by atoms with E-state index in [0.29, 0.717) is 13.1 Å². The summed E-state index contributed by atoms with van der Waals surface area (Å²) in [4.78, 5) is 0. The van der Waals surface area contributed by atoms with Crippen LogP contribution in [0.25, 0.3) is 0 Å². The van der Waals surface area contributed by atoms with Crippen LogP contribution in [0.5, 0.6) is 0 Å². The first kappa shape index (κ1) is 13.0. The van der Waals surface area contributed by atoms with Gasteiger partial charge in [-0.2, -0.15) is 0 Å². The average Bonchev–Trinajstić information content (AvgIpc) is 2.23. The molecule has 16 heavy (non-hydrogen) atoms. The number of nitrogens with one attached hydrogen (secondary N) is 1. The van der Waals surface area contributed by atoms with Crippen molar-refractivity contribution in [1.29, 1.82) is 0 Å². The van der Waals surface area contributed by atoms with E-state index in [1.807, 2.05) is 25.1 Å². The lowest BCUT2D eigenvalue weighted by molar-refractivity contribution is 0.441. The summed E-state index contributed by atoms with van der Waals surface area (Å²) >= 11 is -2.15. The van der Waals surface area contributed by atoms with Gasteiger partial charge in [0.15, 0.2) is 0 Å². The molecular formula is C10H16N3O2S-. The Hall–Kier alpha value is -1.11. The second-order valence-electron chi connectivity index (χ2n) is 3.57. The summed E-state index contributed by atoms with van der Waals surface area (Å²) in [7, 11) is 1.53. The van der Waals surface area contributed by atoms with Crippen molar-refractivity contribution in [2.45, 2.75) is 6.92 Å². The Labute approximate surface area is 98.1 Å². The van der Waals surface area contributed by atoms with Gasteiger partial charge in [-0.25, -0.2) is 4.31 Å². The number of nitrogen functional groups attached to an aromatic ring is 1. The van der Waals surface area contributed by atoms with E-state index in [4.69, 9.17) is 5.73 Å². The van der Waals surface area contributed by atoms with Crippen molar-refractivity contribution in [2.24, 2.45) is 0 Å². The molecule has 0 saturated carbocycles. The molecule has 3 N–H and O–H groups in total. The third kappa shape index (κ3) is 3.80. The zero-order valence-electron chi connectivity index (χ0n) is 9.40. The number of aryl methyl sites for hydroxylation is 1. The largest absolute Gasteiger partial charge is 0.760 e. The van der Waals surface area contributed by atoms with E-state index in [2.05, 4.69) is 5.32 Å². The first-order valence-electron chi connectivity index (χ1n) is 4.91. The number of anilines is 2. The summed E-state index contributed by atoms with van der Waals surface area (Å²) in [6.07, 6.45) is 0. The second kappa shape index (κ2) is 5.83. The van der Waals surface area contributed by atoms with Gasteiger partial charge in [-0.3, -0.25) is 4.21 Å². The smallest absolute Gasteiger partial charge is 0.0345 e. The van der Waals surface area contributed by atoms with E-state index >= 15 is 0 Å². The number of rotatable bonds is 5. The molecule has 1 aromatic rings. The zero-order valence-corrected chi connectivity index (χ0v) is 10.2. The molecule has 90 valence electrons. The molecule has 0 aromatic heterocycles. The van der Waals surface area contributed by atoms with E-state index < -0.39 is 11.3 Å². The minimum atomic E-state index is -2.15. The molecule has 5 nitrogen and oxygen atoms in total. The maximum atomic E-state index is 10.5. The van der Waals surface area contributed by atoms with E-state index in [0.717, 1.165) is 16.9 Å². The molecule has 0 radical (unpaired) electrons. The van der Waals surface area contributed by atoms with E-state index in [9.17, 15) is 8.76 Å². The number of nitrogens with zero attached hydrogens (tertiary/aromatic N) is 1. The van der Waals surface area contributed by atoms with E-state index in [1.54, 1.807) is 0 Å². The molecule has 0 amide bonds. The van der Waals surface area contributed by atoms with Crippen LogP contribution in [0.4, 0.5) is 11.4 Å². The molecule has 1 unspecified atom stereocenters. The standard InChI is InChI=1S/C10H17N3O2S/c1-8-7-9(3-4-10(8)11)12-5-6-13(2)16(14)15/h3-4,7,12H,5-6,11H2,1-2H3,(H,14,15)/p-1. The van der Waals surface area contributed by atoms with Gasteiger partial charge in [0.2, 0.25) is 0 Å². The first-order valence-corrected chi connectivity index (χ1v) is 5.94. The zero-order chi connectivity index (χ0) is 12.1. The highest BCUT2D eigenvalue weighted by atomic mass is 32.2. The van der Waals surface area contributed by atoms with E-state index in [-0.39, 0.29) is 0 Å². The topological polar surface area (TPSA) is 81.4 Å². The Morgan fingerprint density at radius 1 is 1.56 bits per heavy atom. The van der Waals surface area contributed by atoms with Crippen molar-refractivity contribution >= 4 is 22.6 Å². The lowest BCUT2D eigenvalue weighted by atomic mass is 10.2. The highest BCUT2D eigenvalue weighted by Gasteiger charge is 1.99. The predicted octanol–water partition coefficient (Wildman–Crippen LogP) is 0.715. The molecule has 1 aromatic carbocycles. The molecule has 0 spiro atoms. The third-order valence-electron chi connectivity index (χ3n) is 2.28. The average molecular weight is 242 g/mol. The number of hydrogen-bond donors (Lipinski definition) is 2.